The van der Waals surface area contributed by atoms with Crippen LogP contribution in [0.2, 0.25) is 0 Å². The summed E-state index contributed by atoms with van der Waals surface area (Å²) in [5.74, 6) is -0.192. The smallest absolute Gasteiger partial charge is 0.434 e. The minimum Gasteiger partial charge on any atom is -0.434 e. The van der Waals surface area contributed by atoms with Crippen LogP contribution in [0.1, 0.15) is 38.5 Å². The molecule has 0 aliphatic rings. The van der Waals surface area contributed by atoms with Crippen molar-refractivity contribution in [2.45, 2.75) is 25.6 Å². The van der Waals surface area contributed by atoms with Crippen molar-refractivity contribution in [3.63, 3.8) is 0 Å². The molecule has 0 fully saturated rings. The lowest BCUT2D eigenvalue weighted by molar-refractivity contribution is 0.0974. The van der Waals surface area contributed by atoms with Crippen LogP contribution in [0.4, 0.5) is 4.79 Å². The van der Waals surface area contributed by atoms with Crippen LogP contribution in [0.15, 0.2) is 24.4 Å². The molecule has 2 N–H and O–H groups in total. The molecule has 1 aromatic heterocycles. The molecule has 0 amide bonds. The summed E-state index contributed by atoms with van der Waals surface area (Å²) in [4.78, 5) is 14.3. The van der Waals surface area contributed by atoms with Gasteiger partial charge in [0.25, 0.3) is 0 Å². The van der Waals surface area contributed by atoms with E-state index >= 15 is 0 Å². The fourth-order valence-electron chi connectivity index (χ4n) is 2.12. The molecule has 0 unspecified atom stereocenters. The Balaban J connectivity index is 2.44. The molecule has 0 atom stereocenters. The van der Waals surface area contributed by atoms with Gasteiger partial charge in [-0.25, -0.2) is 4.79 Å². The third kappa shape index (κ3) is 5.25. The number of ether oxygens (including phenoxy) is 2. The van der Waals surface area contributed by atoms with Crippen LogP contribution in [0.5, 0.6) is 5.75 Å². The number of nitrogens with zero attached hydrogens (tertiary/aromatic N) is 1. The first-order chi connectivity index (χ1) is 15.5. The summed E-state index contributed by atoms with van der Waals surface area (Å²) in [6.45, 7) is -10.5. The molecule has 0 aliphatic heterocycles. The Morgan fingerprint density at radius 3 is 3.04 bits per heavy atom. The monoisotopic (exact) mass is 344 g/mol. The zero-order valence-electron chi connectivity index (χ0n) is 23.0. The number of likely N-dealkylation sites (N-methyl/N-ethyl adjacent to an activating group) is 1. The minimum absolute atomic E-state index is 0.0131. The SMILES string of the molecule is [2H]C([2H])([2H])N(C([2H])([2H])[2H])C([2H])([2H])C([2H])([2H])c1c[nH]c2cccc(OC(=O)OCCCCCO)c12. The third-order valence-electron chi connectivity index (χ3n) is 3.19. The van der Waals surface area contributed by atoms with E-state index in [2.05, 4.69) is 4.98 Å². The van der Waals surface area contributed by atoms with E-state index in [1.807, 2.05) is 0 Å². The Bertz CT molecular complexity index is 973. The fourth-order valence-corrected chi connectivity index (χ4v) is 2.12. The number of aliphatic hydroxyl groups is 1. The number of carbonyl (C=O) groups is 1. The highest BCUT2D eigenvalue weighted by Crippen LogP contribution is 2.29. The van der Waals surface area contributed by atoms with E-state index in [4.69, 9.17) is 28.3 Å². The van der Waals surface area contributed by atoms with E-state index in [1.54, 1.807) is 0 Å². The summed E-state index contributed by atoms with van der Waals surface area (Å²) < 4.78 is 88.5. The second-order valence-corrected chi connectivity index (χ2v) is 4.94. The van der Waals surface area contributed by atoms with Crippen LogP contribution in [0, 0.1) is 0 Å². The Labute approximate surface area is 156 Å². The second-order valence-electron chi connectivity index (χ2n) is 4.94. The first-order valence-corrected chi connectivity index (χ1v) is 7.41. The minimum atomic E-state index is -3.54. The van der Waals surface area contributed by atoms with Crippen molar-refractivity contribution in [1.29, 1.82) is 0 Å². The molecule has 132 valence electrons. The van der Waals surface area contributed by atoms with Crippen molar-refractivity contribution >= 4 is 17.1 Å². The molecule has 6 heteroatoms. The van der Waals surface area contributed by atoms with Crippen molar-refractivity contribution in [3.8, 4) is 5.75 Å². The first-order valence-electron chi connectivity index (χ1n) is 12.4. The van der Waals surface area contributed by atoms with Gasteiger partial charge in [0, 0.05) is 43.9 Å². The van der Waals surface area contributed by atoms with Crippen molar-refractivity contribution in [2.75, 3.05) is 33.7 Å². The Morgan fingerprint density at radius 1 is 1.38 bits per heavy atom. The largest absolute Gasteiger partial charge is 0.513 e. The molecule has 6 nitrogen and oxygen atoms in total. The number of benzene rings is 1. The number of nitrogens with one attached hydrogen (secondary N) is 1. The number of aromatic amines is 1. The molecule has 0 radical (unpaired) electrons. The van der Waals surface area contributed by atoms with E-state index in [1.165, 1.54) is 18.2 Å². The topological polar surface area (TPSA) is 74.8 Å². The van der Waals surface area contributed by atoms with Crippen molar-refractivity contribution in [3.05, 3.63) is 30.0 Å². The number of fused-ring (bicyclic) bond motifs is 1. The number of aliphatic hydroxyl groups excluding tert-OH is 1. The standard InChI is InChI=1S/C18H26N2O4/c1-20(2)10-9-14-13-19-15-7-6-8-16(17(14)15)24-18(22)23-12-5-3-4-11-21/h6-8,13,19,21H,3-5,9-12H2,1-2H3/i1D3,2D3,9D2,10D2. The molecule has 24 heavy (non-hydrogen) atoms. The molecule has 0 saturated heterocycles. The molecule has 1 heterocycles. The van der Waals surface area contributed by atoms with Crippen LogP contribution in [-0.2, 0) is 11.1 Å². The number of aryl methyl sites for hydroxylation is 1. The maximum atomic E-state index is 12.1. The van der Waals surface area contributed by atoms with Crippen molar-refractivity contribution < 1.29 is 33.1 Å². The van der Waals surface area contributed by atoms with Gasteiger partial charge < -0.3 is 24.5 Å². The zero-order chi connectivity index (χ0) is 25.9. The van der Waals surface area contributed by atoms with Gasteiger partial charge in [0.1, 0.15) is 5.75 Å². The van der Waals surface area contributed by atoms with E-state index < -0.39 is 43.4 Å². The first kappa shape index (κ1) is 8.87. The number of hydrogen-bond acceptors (Lipinski definition) is 5. The zero-order valence-corrected chi connectivity index (χ0v) is 13.0. The van der Waals surface area contributed by atoms with Gasteiger partial charge in [-0.15, -0.1) is 0 Å². The van der Waals surface area contributed by atoms with Crippen LogP contribution >= 0.6 is 0 Å². The molecular weight excluding hydrogens is 308 g/mol. The number of H-pyrrole nitrogens is 1. The van der Waals surface area contributed by atoms with Crippen molar-refractivity contribution in [1.82, 2.24) is 9.88 Å². The number of unbranched alkanes of at least 4 members (excludes halogenated alkanes) is 2. The Morgan fingerprint density at radius 2 is 2.25 bits per heavy atom. The van der Waals surface area contributed by atoms with Gasteiger partial charge in [0.15, 0.2) is 0 Å². The summed E-state index contributed by atoms with van der Waals surface area (Å²) in [5, 5.41) is 8.68. The van der Waals surface area contributed by atoms with Gasteiger partial charge in [0.05, 0.1) is 6.61 Å². The summed E-state index contributed by atoms with van der Waals surface area (Å²) in [5.41, 5.74) is -0.213. The van der Waals surface area contributed by atoms with Gasteiger partial charge in [-0.2, -0.15) is 0 Å². The maximum Gasteiger partial charge on any atom is 0.513 e. The maximum absolute atomic E-state index is 12.1. The predicted molar refractivity (Wildman–Crippen MR) is 93.5 cm³/mol. The van der Waals surface area contributed by atoms with Crippen LogP contribution < -0.4 is 4.74 Å². The van der Waals surface area contributed by atoms with E-state index in [9.17, 15) is 4.79 Å². The summed E-state index contributed by atoms with van der Waals surface area (Å²) >= 11 is 0. The number of carbonyl (C=O) groups excluding carboxylic acids is 1. The molecule has 0 bridgehead atoms. The average molecular weight is 344 g/mol. The number of hydrogen-bond donors (Lipinski definition) is 2. The Kier molecular flexibility index (Phi) is 3.44. The molecule has 0 saturated carbocycles. The van der Waals surface area contributed by atoms with Gasteiger partial charge in [-0.3, -0.25) is 0 Å². The molecule has 1 aromatic carbocycles. The Hall–Kier alpha value is -2.05. The average Bonchev–Trinajstić information content (AvgIpc) is 3.11. The number of rotatable bonds is 9. The quantitative estimate of drug-likeness (QED) is 0.416. The molecule has 2 rings (SSSR count). The highest BCUT2D eigenvalue weighted by molar-refractivity contribution is 5.90. The third-order valence-corrected chi connectivity index (χ3v) is 3.19. The van der Waals surface area contributed by atoms with Crippen LogP contribution in [-0.4, -0.2) is 54.8 Å². The highest BCUT2D eigenvalue weighted by Gasteiger charge is 2.13. The normalized spacial score (nSPS) is 19.6. The fraction of sp³-hybridized carbons (Fsp3) is 0.500. The molecule has 0 aliphatic carbocycles. The molecule has 2 aromatic rings. The summed E-state index contributed by atoms with van der Waals surface area (Å²) in [6.07, 6.45) is -1.57. The van der Waals surface area contributed by atoms with Crippen molar-refractivity contribution in [2.24, 2.45) is 0 Å². The summed E-state index contributed by atoms with van der Waals surface area (Å²) in [7, 11) is 0. The highest BCUT2D eigenvalue weighted by atomic mass is 16.7. The van der Waals surface area contributed by atoms with Crippen LogP contribution in [0.3, 0.4) is 0 Å². The van der Waals surface area contributed by atoms with Gasteiger partial charge in [-0.1, -0.05) is 6.07 Å². The lowest BCUT2D eigenvalue weighted by Gasteiger charge is -2.10. The van der Waals surface area contributed by atoms with Gasteiger partial charge >= 0.3 is 6.16 Å². The van der Waals surface area contributed by atoms with E-state index in [0.29, 0.717) is 19.3 Å². The van der Waals surface area contributed by atoms with Gasteiger partial charge in [0.2, 0.25) is 0 Å². The predicted octanol–water partition coefficient (Wildman–Crippen LogP) is 2.95. The molecule has 0 spiro atoms. The summed E-state index contributed by atoms with van der Waals surface area (Å²) in [6, 6.07) is 4.28. The van der Waals surface area contributed by atoms with Gasteiger partial charge in [-0.05, 0) is 57.3 Å². The molecular formula is C18H26N2O4. The lowest BCUT2D eigenvalue weighted by Crippen LogP contribution is -2.15. The van der Waals surface area contributed by atoms with E-state index in [-0.39, 0.29) is 29.9 Å². The second kappa shape index (κ2) is 9.30. The number of aromatic nitrogens is 1. The van der Waals surface area contributed by atoms with Crippen LogP contribution in [0.25, 0.3) is 10.9 Å². The lowest BCUT2D eigenvalue weighted by atomic mass is 10.1. The van der Waals surface area contributed by atoms with E-state index in [0.717, 1.165) is 6.20 Å².